The number of carbonyl (C=O) groups excluding carboxylic acids is 2. The van der Waals surface area contributed by atoms with E-state index in [1.165, 1.54) is 10.8 Å². The summed E-state index contributed by atoms with van der Waals surface area (Å²) in [6.07, 6.45) is -0.262. The van der Waals surface area contributed by atoms with Gasteiger partial charge in [-0.2, -0.15) is 18.3 Å². The Bertz CT molecular complexity index is 1440. The highest BCUT2D eigenvalue weighted by Crippen LogP contribution is 2.43. The van der Waals surface area contributed by atoms with Gasteiger partial charge in [0.1, 0.15) is 11.8 Å². The number of amides is 2. The first kappa shape index (κ1) is 27.6. The van der Waals surface area contributed by atoms with Crippen LogP contribution in [0, 0.1) is 17.8 Å². The van der Waals surface area contributed by atoms with E-state index in [1.807, 2.05) is 0 Å². The number of piperidine rings is 1. The Balaban J connectivity index is 1.24. The van der Waals surface area contributed by atoms with Crippen LogP contribution >= 0.6 is 0 Å². The van der Waals surface area contributed by atoms with E-state index in [4.69, 9.17) is 4.52 Å². The third-order valence-electron chi connectivity index (χ3n) is 8.42. The topological polar surface area (TPSA) is 114 Å². The highest BCUT2D eigenvalue weighted by atomic mass is 19.4. The van der Waals surface area contributed by atoms with Crippen molar-refractivity contribution in [3.05, 3.63) is 47.2 Å². The summed E-state index contributed by atoms with van der Waals surface area (Å²) in [5, 5.41) is 13.8. The molecule has 4 heterocycles. The molecule has 3 fully saturated rings. The minimum absolute atomic E-state index is 0.0111. The lowest BCUT2D eigenvalue weighted by Gasteiger charge is -2.33. The maximum absolute atomic E-state index is 14.0. The van der Waals surface area contributed by atoms with Crippen molar-refractivity contribution >= 4 is 17.5 Å². The zero-order chi connectivity index (χ0) is 28.9. The van der Waals surface area contributed by atoms with Crippen LogP contribution in [-0.4, -0.2) is 50.2 Å². The summed E-state index contributed by atoms with van der Waals surface area (Å²) in [6, 6.07) is 2.54. The zero-order valence-electron chi connectivity index (χ0n) is 22.0. The molecule has 6 rings (SSSR count). The van der Waals surface area contributed by atoms with Gasteiger partial charge in [-0.05, 0) is 50.2 Å². The molecule has 3 aliphatic rings. The standard InChI is InChI=1S/C27H29F5N6O3/c28-26(29)7-5-15(6-8-26)23(35-25(40)19-13-41-37-22(19)14-1-2-14)20-12-38-21(34-20)4-3-18(36-38)10-16-9-17(27(30,31)32)11-33-24(16)39/h3-4,12-17,23H,1-2,5-11H2,(H,33,39)(H,35,40)/t16?,17-,23?/m1/s1. The number of halogens is 5. The predicted molar refractivity (Wildman–Crippen MR) is 133 cm³/mol. The monoisotopic (exact) mass is 580 g/mol. The lowest BCUT2D eigenvalue weighted by atomic mass is 9.81. The highest BCUT2D eigenvalue weighted by molar-refractivity contribution is 5.95. The van der Waals surface area contributed by atoms with Gasteiger partial charge in [0, 0.05) is 37.6 Å². The van der Waals surface area contributed by atoms with Crippen LogP contribution in [0.1, 0.15) is 84.3 Å². The summed E-state index contributed by atoms with van der Waals surface area (Å²) in [6.45, 7) is -0.437. The molecule has 14 heteroatoms. The smallest absolute Gasteiger partial charge is 0.364 e. The van der Waals surface area contributed by atoms with Crippen molar-refractivity contribution in [3.8, 4) is 0 Å². The molecule has 3 aromatic rings. The van der Waals surface area contributed by atoms with Crippen molar-refractivity contribution in [2.24, 2.45) is 17.8 Å². The van der Waals surface area contributed by atoms with Crippen LogP contribution in [0.5, 0.6) is 0 Å². The van der Waals surface area contributed by atoms with E-state index < -0.39 is 48.3 Å². The molecule has 2 saturated carbocycles. The molecule has 2 unspecified atom stereocenters. The quantitative estimate of drug-likeness (QED) is 0.390. The average Bonchev–Trinajstić information content (AvgIpc) is 3.48. The first-order chi connectivity index (χ1) is 19.5. The van der Waals surface area contributed by atoms with Gasteiger partial charge in [-0.15, -0.1) is 0 Å². The molecule has 0 bridgehead atoms. The molecule has 0 aromatic carbocycles. The van der Waals surface area contributed by atoms with Crippen LogP contribution in [0.15, 0.2) is 29.1 Å². The molecule has 1 saturated heterocycles. The molecule has 9 nitrogen and oxygen atoms in total. The zero-order valence-corrected chi connectivity index (χ0v) is 22.0. The maximum Gasteiger partial charge on any atom is 0.393 e. The van der Waals surface area contributed by atoms with E-state index >= 15 is 0 Å². The van der Waals surface area contributed by atoms with Crippen molar-refractivity contribution < 1.29 is 36.1 Å². The Morgan fingerprint density at radius 2 is 1.95 bits per heavy atom. The van der Waals surface area contributed by atoms with Gasteiger partial charge in [0.2, 0.25) is 11.8 Å². The average molecular weight is 581 g/mol. The lowest BCUT2D eigenvalue weighted by molar-refractivity contribution is -0.183. The summed E-state index contributed by atoms with van der Waals surface area (Å²) in [5.74, 6) is -6.28. The van der Waals surface area contributed by atoms with Crippen molar-refractivity contribution in [2.75, 3.05) is 6.54 Å². The van der Waals surface area contributed by atoms with Gasteiger partial charge in [-0.1, -0.05) is 5.16 Å². The number of alkyl halides is 5. The molecule has 0 spiro atoms. The Morgan fingerprint density at radius 1 is 1.20 bits per heavy atom. The fourth-order valence-electron chi connectivity index (χ4n) is 5.89. The van der Waals surface area contributed by atoms with Crippen molar-refractivity contribution in [1.29, 1.82) is 0 Å². The first-order valence-corrected chi connectivity index (χ1v) is 13.8. The second kappa shape index (κ2) is 10.4. The SMILES string of the molecule is O=C(NC(c1cn2nc(CC3C[C@@H](C(F)(F)F)CNC3=O)ccc2n1)C1CCC(F)(F)CC1)c1conc1C1CC1. The number of imidazole rings is 1. The maximum atomic E-state index is 14.0. The Kier molecular flexibility index (Phi) is 6.97. The summed E-state index contributed by atoms with van der Waals surface area (Å²) < 4.78 is 74.2. The van der Waals surface area contributed by atoms with E-state index in [0.29, 0.717) is 28.3 Å². The summed E-state index contributed by atoms with van der Waals surface area (Å²) in [7, 11) is 0. The van der Waals surface area contributed by atoms with Gasteiger partial charge in [0.05, 0.1) is 35.2 Å². The van der Waals surface area contributed by atoms with Crippen LogP contribution in [0.4, 0.5) is 22.0 Å². The van der Waals surface area contributed by atoms with E-state index in [-0.39, 0.29) is 50.4 Å². The number of carbonyl (C=O) groups is 2. The number of fused-ring (bicyclic) bond motifs is 1. The molecule has 2 amide bonds. The molecule has 0 radical (unpaired) electrons. The van der Waals surface area contributed by atoms with Crippen molar-refractivity contribution in [1.82, 2.24) is 30.4 Å². The minimum Gasteiger partial charge on any atom is -0.364 e. The van der Waals surface area contributed by atoms with E-state index in [1.54, 1.807) is 18.3 Å². The number of aromatic nitrogens is 4. The number of rotatable bonds is 7. The molecule has 2 aliphatic carbocycles. The molecule has 1 aliphatic heterocycles. The third kappa shape index (κ3) is 5.91. The Morgan fingerprint density at radius 3 is 2.66 bits per heavy atom. The van der Waals surface area contributed by atoms with E-state index in [0.717, 1.165) is 12.8 Å². The first-order valence-electron chi connectivity index (χ1n) is 13.8. The number of nitrogens with one attached hydrogen (secondary N) is 2. The number of hydrogen-bond acceptors (Lipinski definition) is 6. The third-order valence-corrected chi connectivity index (χ3v) is 8.42. The van der Waals surface area contributed by atoms with Crippen LogP contribution in [0.2, 0.25) is 0 Å². The summed E-state index contributed by atoms with van der Waals surface area (Å²) in [4.78, 5) is 30.2. The molecule has 3 aromatic heterocycles. The van der Waals surface area contributed by atoms with Crippen molar-refractivity contribution in [2.45, 2.75) is 75.4 Å². The molecule has 220 valence electrons. The van der Waals surface area contributed by atoms with Gasteiger partial charge in [-0.25, -0.2) is 18.3 Å². The highest BCUT2D eigenvalue weighted by Gasteiger charge is 2.45. The minimum atomic E-state index is -4.41. The fraction of sp³-hybridized carbons (Fsp3) is 0.593. The van der Waals surface area contributed by atoms with Gasteiger partial charge in [-0.3, -0.25) is 9.59 Å². The van der Waals surface area contributed by atoms with Gasteiger partial charge < -0.3 is 15.2 Å². The molecule has 41 heavy (non-hydrogen) atoms. The molecular formula is C27H29F5N6O3. The van der Waals surface area contributed by atoms with E-state index in [2.05, 4.69) is 25.9 Å². The van der Waals surface area contributed by atoms with Crippen LogP contribution in [0.25, 0.3) is 5.65 Å². The Hall–Kier alpha value is -3.58. The molecule has 2 N–H and O–H groups in total. The number of hydrogen-bond donors (Lipinski definition) is 2. The predicted octanol–water partition coefficient (Wildman–Crippen LogP) is 4.75. The van der Waals surface area contributed by atoms with E-state index in [9.17, 15) is 31.5 Å². The molecule has 3 atom stereocenters. The van der Waals surface area contributed by atoms with Crippen LogP contribution in [-0.2, 0) is 11.2 Å². The summed E-state index contributed by atoms with van der Waals surface area (Å²) in [5.41, 5.74) is 2.13. The molecular weight excluding hydrogens is 551 g/mol. The second-order valence-corrected chi connectivity index (χ2v) is 11.4. The Labute approximate surface area is 231 Å². The van der Waals surface area contributed by atoms with Crippen LogP contribution in [0.3, 0.4) is 0 Å². The largest absolute Gasteiger partial charge is 0.393 e. The lowest BCUT2D eigenvalue weighted by Crippen LogP contribution is -2.47. The second-order valence-electron chi connectivity index (χ2n) is 11.4. The van der Waals surface area contributed by atoms with Gasteiger partial charge in [0.25, 0.3) is 5.91 Å². The van der Waals surface area contributed by atoms with Gasteiger partial charge in [0.15, 0.2) is 5.65 Å². The fourth-order valence-corrected chi connectivity index (χ4v) is 5.89. The summed E-state index contributed by atoms with van der Waals surface area (Å²) >= 11 is 0. The van der Waals surface area contributed by atoms with Crippen molar-refractivity contribution in [3.63, 3.8) is 0 Å². The van der Waals surface area contributed by atoms with Crippen LogP contribution < -0.4 is 10.6 Å². The normalized spacial score (nSPS) is 24.3. The number of nitrogens with zero attached hydrogens (tertiary/aromatic N) is 4. The van der Waals surface area contributed by atoms with Gasteiger partial charge >= 0.3 is 6.18 Å².